The Kier molecular flexibility index (Phi) is 4.87. The van der Waals surface area contributed by atoms with Crippen LogP contribution in [0, 0.1) is 0 Å². The number of ether oxygens (including phenoxy) is 1. The Morgan fingerprint density at radius 1 is 0.737 bits per heavy atom. The summed E-state index contributed by atoms with van der Waals surface area (Å²) in [5, 5.41) is 1.45. The van der Waals surface area contributed by atoms with E-state index >= 15 is 0 Å². The van der Waals surface area contributed by atoms with Crippen molar-refractivity contribution < 1.29 is 4.74 Å². The molecule has 0 saturated heterocycles. The van der Waals surface area contributed by atoms with Gasteiger partial charge in [-0.25, -0.2) is 0 Å². The Bertz CT molecular complexity index is 504. The molecule has 0 N–H and O–H groups in total. The molecule has 3 heteroatoms. The fourth-order valence-corrected chi connectivity index (χ4v) is 2.64. The van der Waals surface area contributed by atoms with E-state index in [1.165, 1.54) is 0 Å². The number of hydrogen-bond donors (Lipinski definition) is 0. The summed E-state index contributed by atoms with van der Waals surface area (Å²) in [6.07, 6.45) is -0.167. The monoisotopic (exact) mass is 294 g/mol. The van der Waals surface area contributed by atoms with Gasteiger partial charge >= 0.3 is 0 Å². The van der Waals surface area contributed by atoms with E-state index in [1.54, 1.807) is 0 Å². The molecule has 2 aromatic carbocycles. The quantitative estimate of drug-likeness (QED) is 0.689. The summed E-state index contributed by atoms with van der Waals surface area (Å²) in [6.45, 7) is 3.99. The SMILES string of the molecule is C[C@H](O[C@@H](C)c1ccccc1Cl)c1ccccc1Cl. The maximum atomic E-state index is 6.17. The first-order valence-electron chi connectivity index (χ1n) is 6.24. The maximum Gasteiger partial charge on any atom is 0.0819 e. The number of hydrogen-bond acceptors (Lipinski definition) is 1. The summed E-state index contributed by atoms with van der Waals surface area (Å²) in [6, 6.07) is 15.4. The van der Waals surface area contributed by atoms with Crippen molar-refractivity contribution in [2.24, 2.45) is 0 Å². The maximum absolute atomic E-state index is 6.17. The molecule has 0 aliphatic rings. The topological polar surface area (TPSA) is 9.23 Å². The zero-order chi connectivity index (χ0) is 13.8. The van der Waals surface area contributed by atoms with Gasteiger partial charge in [-0.2, -0.15) is 0 Å². The first-order chi connectivity index (χ1) is 9.09. The highest BCUT2D eigenvalue weighted by Crippen LogP contribution is 2.32. The van der Waals surface area contributed by atoms with Crippen LogP contribution in [0.25, 0.3) is 0 Å². The highest BCUT2D eigenvalue weighted by molar-refractivity contribution is 6.31. The van der Waals surface area contributed by atoms with E-state index in [2.05, 4.69) is 0 Å². The van der Waals surface area contributed by atoms with Gasteiger partial charge < -0.3 is 4.74 Å². The standard InChI is InChI=1S/C16H16Cl2O/c1-11(13-7-3-5-9-15(13)17)19-12(2)14-8-4-6-10-16(14)18/h3-12H,1-2H3/t11-,12-/m0/s1. The molecule has 0 aliphatic carbocycles. The van der Waals surface area contributed by atoms with Gasteiger partial charge in [0, 0.05) is 10.0 Å². The molecule has 2 aromatic rings. The minimum Gasteiger partial charge on any atom is -0.366 e. The van der Waals surface area contributed by atoms with E-state index < -0.39 is 0 Å². The van der Waals surface area contributed by atoms with E-state index in [9.17, 15) is 0 Å². The van der Waals surface area contributed by atoms with Gasteiger partial charge in [-0.1, -0.05) is 59.6 Å². The first-order valence-corrected chi connectivity index (χ1v) is 6.99. The Labute approximate surface area is 124 Å². The summed E-state index contributed by atoms with van der Waals surface area (Å²) in [5.41, 5.74) is 1.98. The zero-order valence-electron chi connectivity index (χ0n) is 10.9. The van der Waals surface area contributed by atoms with Crippen LogP contribution in [0.5, 0.6) is 0 Å². The van der Waals surface area contributed by atoms with E-state index in [4.69, 9.17) is 27.9 Å². The lowest BCUT2D eigenvalue weighted by Gasteiger charge is -2.21. The van der Waals surface area contributed by atoms with Gasteiger partial charge in [0.15, 0.2) is 0 Å². The second-order valence-electron chi connectivity index (χ2n) is 4.46. The van der Waals surface area contributed by atoms with E-state index in [-0.39, 0.29) is 12.2 Å². The summed E-state index contributed by atoms with van der Waals surface area (Å²) < 4.78 is 6.02. The Morgan fingerprint density at radius 3 is 1.47 bits per heavy atom. The van der Waals surface area contributed by atoms with Gasteiger partial charge in [0.1, 0.15) is 0 Å². The third-order valence-corrected chi connectivity index (χ3v) is 3.78. The van der Waals surface area contributed by atoms with Crippen molar-refractivity contribution >= 4 is 23.2 Å². The van der Waals surface area contributed by atoms with Gasteiger partial charge in [-0.3, -0.25) is 0 Å². The van der Waals surface area contributed by atoms with Gasteiger partial charge in [0.25, 0.3) is 0 Å². The molecule has 0 saturated carbocycles. The summed E-state index contributed by atoms with van der Waals surface area (Å²) in [5.74, 6) is 0. The molecule has 0 radical (unpaired) electrons. The van der Waals surface area contributed by atoms with Crippen molar-refractivity contribution in [3.63, 3.8) is 0 Å². The van der Waals surface area contributed by atoms with Gasteiger partial charge in [-0.05, 0) is 37.1 Å². The van der Waals surface area contributed by atoms with Crippen molar-refractivity contribution in [2.75, 3.05) is 0 Å². The highest BCUT2D eigenvalue weighted by atomic mass is 35.5. The molecule has 0 bridgehead atoms. The summed E-state index contributed by atoms with van der Waals surface area (Å²) in [4.78, 5) is 0. The molecule has 100 valence electrons. The van der Waals surface area contributed by atoms with Crippen molar-refractivity contribution in [2.45, 2.75) is 26.1 Å². The average Bonchev–Trinajstić information content (AvgIpc) is 2.39. The van der Waals surface area contributed by atoms with Crippen molar-refractivity contribution in [1.82, 2.24) is 0 Å². The van der Waals surface area contributed by atoms with Gasteiger partial charge in [-0.15, -0.1) is 0 Å². The van der Waals surface area contributed by atoms with Gasteiger partial charge in [0.05, 0.1) is 12.2 Å². The van der Waals surface area contributed by atoms with Crippen LogP contribution in [0.2, 0.25) is 10.0 Å². The number of rotatable bonds is 4. The second-order valence-corrected chi connectivity index (χ2v) is 5.28. The smallest absolute Gasteiger partial charge is 0.0819 e. The first kappa shape index (κ1) is 14.4. The molecule has 1 nitrogen and oxygen atoms in total. The summed E-state index contributed by atoms with van der Waals surface area (Å²) >= 11 is 12.3. The van der Waals surface area contributed by atoms with Crippen LogP contribution in [0.4, 0.5) is 0 Å². The molecule has 19 heavy (non-hydrogen) atoms. The predicted octanol–water partition coefficient (Wildman–Crippen LogP) is 5.83. The van der Waals surface area contributed by atoms with Crippen LogP contribution in [0.1, 0.15) is 37.2 Å². The van der Waals surface area contributed by atoms with Crippen molar-refractivity contribution in [3.8, 4) is 0 Å². The van der Waals surface area contributed by atoms with Crippen LogP contribution in [-0.4, -0.2) is 0 Å². The molecular weight excluding hydrogens is 279 g/mol. The Balaban J connectivity index is 2.13. The zero-order valence-corrected chi connectivity index (χ0v) is 12.4. The van der Waals surface area contributed by atoms with Crippen LogP contribution in [0.3, 0.4) is 0 Å². The molecule has 0 spiro atoms. The van der Waals surface area contributed by atoms with Crippen LogP contribution < -0.4 is 0 Å². The van der Waals surface area contributed by atoms with Crippen molar-refractivity contribution in [1.29, 1.82) is 0 Å². The minimum atomic E-state index is -0.0834. The van der Waals surface area contributed by atoms with Gasteiger partial charge in [0.2, 0.25) is 0 Å². The highest BCUT2D eigenvalue weighted by Gasteiger charge is 2.16. The molecule has 0 heterocycles. The molecule has 2 rings (SSSR count). The largest absolute Gasteiger partial charge is 0.366 e. The minimum absolute atomic E-state index is 0.0834. The fraction of sp³-hybridized carbons (Fsp3) is 0.250. The lowest BCUT2D eigenvalue weighted by atomic mass is 10.1. The number of halogens is 2. The molecule has 2 atom stereocenters. The van der Waals surface area contributed by atoms with E-state index in [1.807, 2.05) is 62.4 Å². The lowest BCUT2D eigenvalue weighted by Crippen LogP contribution is -2.06. The average molecular weight is 295 g/mol. The van der Waals surface area contributed by atoms with Crippen LogP contribution in [0.15, 0.2) is 48.5 Å². The summed E-state index contributed by atoms with van der Waals surface area (Å²) in [7, 11) is 0. The van der Waals surface area contributed by atoms with E-state index in [0.29, 0.717) is 0 Å². The molecular formula is C16H16Cl2O. The van der Waals surface area contributed by atoms with Crippen molar-refractivity contribution in [3.05, 3.63) is 69.7 Å². The third-order valence-electron chi connectivity index (χ3n) is 3.09. The molecule has 0 amide bonds. The number of benzene rings is 2. The lowest BCUT2D eigenvalue weighted by molar-refractivity contribution is 0.00598. The second kappa shape index (κ2) is 6.42. The molecule has 0 aliphatic heterocycles. The predicted molar refractivity (Wildman–Crippen MR) is 80.8 cm³/mol. The molecule has 0 aromatic heterocycles. The third kappa shape index (κ3) is 3.50. The Hall–Kier alpha value is -1.02. The normalized spacial score (nSPS) is 14.1. The van der Waals surface area contributed by atoms with Crippen LogP contribution in [-0.2, 0) is 4.74 Å². The Morgan fingerprint density at radius 2 is 1.11 bits per heavy atom. The molecule has 0 unspecified atom stereocenters. The van der Waals surface area contributed by atoms with Crippen LogP contribution >= 0.6 is 23.2 Å². The molecule has 0 fully saturated rings. The fourth-order valence-electron chi connectivity index (χ4n) is 2.06. The van der Waals surface area contributed by atoms with E-state index in [0.717, 1.165) is 21.2 Å².